The van der Waals surface area contributed by atoms with Crippen molar-refractivity contribution in [1.82, 2.24) is 9.80 Å². The molecule has 2 saturated heterocycles. The largest absolute Gasteiger partial charge is 0.343 e. The molecule has 2 unspecified atom stereocenters. The van der Waals surface area contributed by atoms with Crippen molar-refractivity contribution >= 4 is 5.91 Å². The van der Waals surface area contributed by atoms with E-state index in [0.717, 1.165) is 0 Å². The van der Waals surface area contributed by atoms with E-state index in [1.54, 1.807) is 6.92 Å². The number of carbonyl (C=O) groups is 1. The van der Waals surface area contributed by atoms with Crippen LogP contribution in [0.15, 0.2) is 0 Å². The first-order valence-corrected chi connectivity index (χ1v) is 6.51. The maximum atomic E-state index is 11.4. The summed E-state index contributed by atoms with van der Waals surface area (Å²) in [4.78, 5) is 16.0. The molecule has 0 N–H and O–H groups in total. The van der Waals surface area contributed by atoms with Gasteiger partial charge < -0.3 is 4.90 Å². The third-order valence-electron chi connectivity index (χ3n) is 4.41. The van der Waals surface area contributed by atoms with E-state index in [1.807, 2.05) is 11.9 Å². The zero-order valence-corrected chi connectivity index (χ0v) is 10.9. The van der Waals surface area contributed by atoms with Gasteiger partial charge in [-0.2, -0.15) is 0 Å². The van der Waals surface area contributed by atoms with Gasteiger partial charge >= 0.3 is 0 Å². The van der Waals surface area contributed by atoms with Gasteiger partial charge in [-0.1, -0.05) is 0 Å². The smallest absolute Gasteiger partial charge is 0.219 e. The van der Waals surface area contributed by atoms with Gasteiger partial charge in [0, 0.05) is 38.1 Å². The second-order valence-corrected chi connectivity index (χ2v) is 5.68. The molecule has 2 aliphatic rings. The van der Waals surface area contributed by atoms with Gasteiger partial charge in [0.1, 0.15) is 0 Å². The summed E-state index contributed by atoms with van der Waals surface area (Å²) in [5.74, 6) is 0.211. The van der Waals surface area contributed by atoms with Crippen molar-refractivity contribution in [2.24, 2.45) is 0 Å². The van der Waals surface area contributed by atoms with E-state index in [2.05, 4.69) is 18.7 Å². The van der Waals surface area contributed by atoms with E-state index in [4.69, 9.17) is 0 Å². The standard InChI is InChI=1S/C13H24N2O/c1-9(2)15-11-5-6-12(15)8-13(7-11)14(4)10(3)16/h9,11-13H,5-8H2,1-4H3. The van der Waals surface area contributed by atoms with Crippen molar-refractivity contribution in [2.75, 3.05) is 7.05 Å². The summed E-state index contributed by atoms with van der Waals surface area (Å²) < 4.78 is 0. The molecule has 0 saturated carbocycles. The van der Waals surface area contributed by atoms with Crippen LogP contribution in [0, 0.1) is 0 Å². The average molecular weight is 224 g/mol. The third-order valence-corrected chi connectivity index (χ3v) is 4.41. The van der Waals surface area contributed by atoms with Crippen molar-refractivity contribution in [3.63, 3.8) is 0 Å². The molecule has 0 aliphatic carbocycles. The van der Waals surface area contributed by atoms with E-state index in [1.165, 1.54) is 25.7 Å². The molecule has 2 aliphatic heterocycles. The number of piperidine rings is 1. The summed E-state index contributed by atoms with van der Waals surface area (Å²) in [7, 11) is 1.96. The molecule has 1 amide bonds. The average Bonchev–Trinajstić information content (AvgIpc) is 2.49. The van der Waals surface area contributed by atoms with Gasteiger partial charge in [0.2, 0.25) is 5.91 Å². The van der Waals surface area contributed by atoms with Crippen LogP contribution in [0.3, 0.4) is 0 Å². The van der Waals surface area contributed by atoms with Crippen molar-refractivity contribution in [3.8, 4) is 0 Å². The van der Waals surface area contributed by atoms with Crippen LogP contribution in [-0.2, 0) is 4.79 Å². The Balaban J connectivity index is 2.04. The molecule has 2 atom stereocenters. The molecule has 2 rings (SSSR count). The molecule has 3 nitrogen and oxygen atoms in total. The van der Waals surface area contributed by atoms with Crippen molar-refractivity contribution in [1.29, 1.82) is 0 Å². The van der Waals surface area contributed by atoms with Gasteiger partial charge in [0.15, 0.2) is 0 Å². The van der Waals surface area contributed by atoms with Crippen LogP contribution in [0.1, 0.15) is 46.5 Å². The summed E-state index contributed by atoms with van der Waals surface area (Å²) in [5.41, 5.74) is 0. The Morgan fingerprint density at radius 3 is 2.12 bits per heavy atom. The Morgan fingerprint density at radius 2 is 1.75 bits per heavy atom. The van der Waals surface area contributed by atoms with Gasteiger partial charge in [-0.25, -0.2) is 0 Å². The van der Waals surface area contributed by atoms with Gasteiger partial charge in [-0.15, -0.1) is 0 Å². The lowest BCUT2D eigenvalue weighted by Gasteiger charge is -2.44. The number of hydrogen-bond donors (Lipinski definition) is 0. The molecule has 2 heterocycles. The highest BCUT2D eigenvalue weighted by Gasteiger charge is 2.42. The molecule has 0 spiro atoms. The molecule has 0 aromatic heterocycles. The monoisotopic (exact) mass is 224 g/mol. The Hall–Kier alpha value is -0.570. The van der Waals surface area contributed by atoms with Gasteiger partial charge in [-0.3, -0.25) is 9.69 Å². The first kappa shape index (κ1) is 11.9. The molecule has 2 fully saturated rings. The summed E-state index contributed by atoms with van der Waals surface area (Å²) >= 11 is 0. The number of hydrogen-bond acceptors (Lipinski definition) is 2. The Bertz CT molecular complexity index is 263. The second-order valence-electron chi connectivity index (χ2n) is 5.68. The fourth-order valence-electron chi connectivity index (χ4n) is 3.60. The van der Waals surface area contributed by atoms with Gasteiger partial charge in [0.25, 0.3) is 0 Å². The predicted octanol–water partition coefficient (Wildman–Crippen LogP) is 1.87. The Labute approximate surface area is 98.8 Å². The molecular formula is C13H24N2O. The maximum absolute atomic E-state index is 11.4. The van der Waals surface area contributed by atoms with Crippen LogP contribution >= 0.6 is 0 Å². The Morgan fingerprint density at radius 1 is 1.25 bits per heavy atom. The number of carbonyl (C=O) groups excluding carboxylic acids is 1. The molecule has 16 heavy (non-hydrogen) atoms. The minimum Gasteiger partial charge on any atom is -0.343 e. The minimum atomic E-state index is 0.211. The highest BCUT2D eigenvalue weighted by atomic mass is 16.2. The van der Waals surface area contributed by atoms with Gasteiger partial charge in [-0.05, 0) is 39.5 Å². The summed E-state index contributed by atoms with van der Waals surface area (Å²) in [6.07, 6.45) is 4.99. The molecular weight excluding hydrogens is 200 g/mol. The first-order valence-electron chi connectivity index (χ1n) is 6.51. The molecule has 3 heteroatoms. The molecule has 2 bridgehead atoms. The van der Waals surface area contributed by atoms with Crippen LogP contribution in [0.2, 0.25) is 0 Å². The van der Waals surface area contributed by atoms with E-state index in [0.29, 0.717) is 24.2 Å². The first-order chi connectivity index (χ1) is 7.50. The maximum Gasteiger partial charge on any atom is 0.219 e. The topological polar surface area (TPSA) is 23.6 Å². The molecule has 92 valence electrons. The number of rotatable bonds is 2. The van der Waals surface area contributed by atoms with E-state index < -0.39 is 0 Å². The molecule has 0 aromatic carbocycles. The molecule has 0 radical (unpaired) electrons. The van der Waals surface area contributed by atoms with Crippen molar-refractivity contribution in [2.45, 2.75) is 70.6 Å². The van der Waals surface area contributed by atoms with Crippen LogP contribution in [0.25, 0.3) is 0 Å². The predicted molar refractivity (Wildman–Crippen MR) is 65.3 cm³/mol. The summed E-state index contributed by atoms with van der Waals surface area (Å²) in [6.45, 7) is 6.26. The zero-order chi connectivity index (χ0) is 11.9. The van der Waals surface area contributed by atoms with Crippen molar-refractivity contribution in [3.05, 3.63) is 0 Å². The highest BCUT2D eigenvalue weighted by molar-refractivity contribution is 5.73. The number of fused-ring (bicyclic) bond motifs is 2. The Kier molecular flexibility index (Phi) is 3.24. The lowest BCUT2D eigenvalue weighted by Crippen LogP contribution is -2.52. The number of amides is 1. The lowest BCUT2D eigenvalue weighted by molar-refractivity contribution is -0.131. The normalized spacial score (nSPS) is 34.4. The number of nitrogens with zero attached hydrogens (tertiary/aromatic N) is 2. The highest BCUT2D eigenvalue weighted by Crippen LogP contribution is 2.38. The zero-order valence-electron chi connectivity index (χ0n) is 10.9. The van der Waals surface area contributed by atoms with Crippen LogP contribution in [0.4, 0.5) is 0 Å². The van der Waals surface area contributed by atoms with Crippen LogP contribution < -0.4 is 0 Å². The lowest BCUT2D eigenvalue weighted by atomic mass is 9.95. The van der Waals surface area contributed by atoms with E-state index in [-0.39, 0.29) is 5.91 Å². The quantitative estimate of drug-likeness (QED) is 0.715. The summed E-state index contributed by atoms with van der Waals surface area (Å²) in [5, 5.41) is 0. The van der Waals surface area contributed by atoms with Gasteiger partial charge in [0.05, 0.1) is 0 Å². The van der Waals surface area contributed by atoms with E-state index >= 15 is 0 Å². The van der Waals surface area contributed by atoms with Crippen LogP contribution in [-0.4, -0.2) is 46.9 Å². The van der Waals surface area contributed by atoms with E-state index in [9.17, 15) is 4.79 Å². The second kappa shape index (κ2) is 4.36. The van der Waals surface area contributed by atoms with Crippen molar-refractivity contribution < 1.29 is 4.79 Å². The fraction of sp³-hybridized carbons (Fsp3) is 0.923. The molecule has 0 aromatic rings. The fourth-order valence-corrected chi connectivity index (χ4v) is 3.60. The SMILES string of the molecule is CC(=O)N(C)C1CC2CCC(C1)N2C(C)C. The van der Waals surface area contributed by atoms with Crippen LogP contribution in [0.5, 0.6) is 0 Å². The third kappa shape index (κ3) is 1.97. The minimum absolute atomic E-state index is 0.211. The summed E-state index contributed by atoms with van der Waals surface area (Å²) in [6, 6.07) is 2.56.